The van der Waals surface area contributed by atoms with E-state index in [0.29, 0.717) is 5.92 Å². The Labute approximate surface area is 193 Å². The van der Waals surface area contributed by atoms with Gasteiger partial charge in [-0.05, 0) is 74.4 Å². The molecule has 1 aromatic heterocycles. The van der Waals surface area contributed by atoms with Gasteiger partial charge in [0.15, 0.2) is 5.82 Å². The number of nitrogens with one attached hydrogen (secondary N) is 3. The molecule has 2 aromatic rings. The highest BCUT2D eigenvalue weighted by molar-refractivity contribution is 6.03. The van der Waals surface area contributed by atoms with Gasteiger partial charge in [-0.3, -0.25) is 4.79 Å². The van der Waals surface area contributed by atoms with Gasteiger partial charge in [-0.25, -0.2) is 9.78 Å². The molecule has 1 fully saturated rings. The topological polar surface area (TPSA) is 131 Å². The van der Waals surface area contributed by atoms with Gasteiger partial charge in [0.05, 0.1) is 6.20 Å². The number of halogens is 3. The van der Waals surface area contributed by atoms with Crippen LogP contribution in [0.5, 0.6) is 0 Å². The van der Waals surface area contributed by atoms with Crippen LogP contribution in [-0.4, -0.2) is 46.2 Å². The van der Waals surface area contributed by atoms with E-state index in [-0.39, 0.29) is 17.4 Å². The van der Waals surface area contributed by atoms with E-state index in [9.17, 15) is 18.0 Å². The number of carbonyl (C=O) groups is 2. The fraction of sp³-hybridized carbons (Fsp3) is 0.391. The number of carbonyl (C=O) groups excluding carboxylic acids is 1. The van der Waals surface area contributed by atoms with Gasteiger partial charge in [0, 0.05) is 11.3 Å². The van der Waals surface area contributed by atoms with E-state index < -0.39 is 12.1 Å². The lowest BCUT2D eigenvalue weighted by Crippen LogP contribution is -2.26. The number of aromatic nitrogens is 2. The number of aromatic amines is 1. The van der Waals surface area contributed by atoms with E-state index in [1.54, 1.807) is 0 Å². The van der Waals surface area contributed by atoms with Gasteiger partial charge in [-0.2, -0.15) is 18.4 Å². The second kappa shape index (κ2) is 11.0. The van der Waals surface area contributed by atoms with Gasteiger partial charge in [0.2, 0.25) is 0 Å². The molecule has 4 rings (SSSR count). The molecule has 1 aromatic carbocycles. The van der Waals surface area contributed by atoms with Gasteiger partial charge in [0.25, 0.3) is 5.91 Å². The molecule has 1 amide bonds. The van der Waals surface area contributed by atoms with E-state index in [4.69, 9.17) is 15.2 Å². The zero-order chi connectivity index (χ0) is 24.7. The number of allylic oxidation sites excluding steroid dienone is 2. The van der Waals surface area contributed by atoms with Gasteiger partial charge < -0.3 is 20.7 Å². The Hall–Kier alpha value is -3.65. The maximum atomic E-state index is 12.6. The summed E-state index contributed by atoms with van der Waals surface area (Å²) in [7, 11) is 0. The van der Waals surface area contributed by atoms with Crippen molar-refractivity contribution >= 4 is 23.1 Å². The lowest BCUT2D eigenvalue weighted by Gasteiger charge is -2.24. The highest BCUT2D eigenvalue weighted by Gasteiger charge is 2.38. The third-order valence-corrected chi connectivity index (χ3v) is 5.64. The number of imidazole rings is 1. The first-order valence-electron chi connectivity index (χ1n) is 10.8. The number of hydrogen-bond donors (Lipinski definition) is 4. The number of alkyl halides is 3. The summed E-state index contributed by atoms with van der Waals surface area (Å²) < 4.78 is 31.7. The number of carboxylic acids is 1. The van der Waals surface area contributed by atoms with Crippen LogP contribution in [0.1, 0.15) is 65.5 Å². The molecule has 0 spiro atoms. The lowest BCUT2D eigenvalue weighted by atomic mass is 9.87. The number of amides is 1. The Morgan fingerprint density at radius 1 is 1.24 bits per heavy atom. The summed E-state index contributed by atoms with van der Waals surface area (Å²) in [6.07, 6.45) is 4.14. The van der Waals surface area contributed by atoms with Crippen LogP contribution >= 0.6 is 0 Å². The summed E-state index contributed by atoms with van der Waals surface area (Å²) in [4.78, 5) is 28.2. The fourth-order valence-corrected chi connectivity index (χ4v) is 3.94. The first kappa shape index (κ1) is 25.0. The highest BCUT2D eigenvalue weighted by atomic mass is 19.4. The van der Waals surface area contributed by atoms with Crippen molar-refractivity contribution < 1.29 is 27.9 Å². The average molecular weight is 475 g/mol. The average Bonchev–Trinajstić information content (AvgIpc) is 3.52. The summed E-state index contributed by atoms with van der Waals surface area (Å²) >= 11 is 0. The quantitative estimate of drug-likeness (QED) is 0.524. The van der Waals surface area contributed by atoms with Crippen molar-refractivity contribution in [2.75, 3.05) is 18.4 Å². The first-order chi connectivity index (χ1) is 16.2. The maximum absolute atomic E-state index is 12.6. The van der Waals surface area contributed by atoms with Crippen LogP contribution in [0.2, 0.25) is 0 Å². The van der Waals surface area contributed by atoms with E-state index in [1.165, 1.54) is 17.3 Å². The van der Waals surface area contributed by atoms with Crippen molar-refractivity contribution in [1.29, 1.82) is 5.26 Å². The normalized spacial score (nSPS) is 16.1. The van der Waals surface area contributed by atoms with Crippen LogP contribution in [0.15, 0.2) is 30.5 Å². The van der Waals surface area contributed by atoms with Crippen molar-refractivity contribution in [1.82, 2.24) is 15.3 Å². The van der Waals surface area contributed by atoms with Crippen molar-refractivity contribution in [3.8, 4) is 6.07 Å². The molecule has 0 radical (unpaired) electrons. The molecule has 0 saturated carbocycles. The number of hydrogen-bond acceptors (Lipinski definition) is 5. The van der Waals surface area contributed by atoms with Crippen LogP contribution in [0.4, 0.5) is 18.9 Å². The molecule has 11 heteroatoms. The van der Waals surface area contributed by atoms with Crippen molar-refractivity contribution in [3.05, 3.63) is 53.1 Å². The van der Waals surface area contributed by atoms with Crippen LogP contribution in [0.25, 0.3) is 5.57 Å². The third-order valence-electron chi connectivity index (χ3n) is 5.64. The molecule has 0 atom stereocenters. The van der Waals surface area contributed by atoms with Crippen LogP contribution in [0, 0.1) is 11.3 Å². The van der Waals surface area contributed by atoms with Crippen molar-refractivity contribution in [3.63, 3.8) is 0 Å². The van der Waals surface area contributed by atoms with Gasteiger partial charge in [-0.15, -0.1) is 0 Å². The molecule has 0 bridgehead atoms. The van der Waals surface area contributed by atoms with Crippen molar-refractivity contribution in [2.24, 2.45) is 0 Å². The number of anilines is 1. The van der Waals surface area contributed by atoms with E-state index in [0.717, 1.165) is 56.4 Å². The summed E-state index contributed by atoms with van der Waals surface area (Å²) in [5.74, 6) is -2.36. The molecular formula is C23H24F3N5O3. The zero-order valence-electron chi connectivity index (χ0n) is 18.2. The predicted octanol–water partition coefficient (Wildman–Crippen LogP) is 4.20. The van der Waals surface area contributed by atoms with Crippen LogP contribution < -0.4 is 10.6 Å². The number of nitriles is 1. The Kier molecular flexibility index (Phi) is 8.07. The molecule has 1 aliphatic heterocycles. The minimum Gasteiger partial charge on any atom is -0.475 e. The second-order valence-corrected chi connectivity index (χ2v) is 7.97. The molecule has 2 heterocycles. The van der Waals surface area contributed by atoms with Gasteiger partial charge >= 0.3 is 12.1 Å². The highest BCUT2D eigenvalue weighted by Crippen LogP contribution is 2.36. The monoisotopic (exact) mass is 475 g/mol. The van der Waals surface area contributed by atoms with E-state index in [2.05, 4.69) is 38.8 Å². The number of H-pyrrole nitrogens is 1. The largest absolute Gasteiger partial charge is 0.490 e. The Bertz CT molecular complexity index is 1110. The molecule has 1 aliphatic carbocycles. The Morgan fingerprint density at radius 3 is 2.50 bits per heavy atom. The summed E-state index contributed by atoms with van der Waals surface area (Å²) in [6.45, 7) is 2.11. The summed E-state index contributed by atoms with van der Waals surface area (Å²) in [5.41, 5.74) is 4.85. The molecule has 1 saturated heterocycles. The van der Waals surface area contributed by atoms with Gasteiger partial charge in [0.1, 0.15) is 11.8 Å². The van der Waals surface area contributed by atoms with Crippen molar-refractivity contribution in [2.45, 2.75) is 44.2 Å². The minimum absolute atomic E-state index is 0.153. The molecule has 0 unspecified atom stereocenters. The first-order valence-corrected chi connectivity index (χ1v) is 10.8. The van der Waals surface area contributed by atoms with Crippen LogP contribution in [-0.2, 0) is 4.79 Å². The number of carboxylic acid groups (broad SMARTS) is 1. The number of nitrogens with zero attached hydrogens (tertiary/aromatic N) is 2. The maximum Gasteiger partial charge on any atom is 0.490 e. The second-order valence-electron chi connectivity index (χ2n) is 7.97. The predicted molar refractivity (Wildman–Crippen MR) is 118 cm³/mol. The molecule has 180 valence electrons. The Morgan fingerprint density at radius 2 is 1.94 bits per heavy atom. The molecule has 2 aliphatic rings. The molecule has 34 heavy (non-hydrogen) atoms. The number of piperidine rings is 1. The summed E-state index contributed by atoms with van der Waals surface area (Å²) in [5, 5.41) is 22.4. The number of rotatable bonds is 4. The summed E-state index contributed by atoms with van der Waals surface area (Å²) in [6, 6.07) is 8.35. The lowest BCUT2D eigenvalue weighted by molar-refractivity contribution is -0.192. The Balaban J connectivity index is 0.000000406. The molecule has 8 nitrogen and oxygen atoms in total. The SMILES string of the molecule is N#Cc1cnc(C(=O)Nc2ccc(C3CCNCC3)cc2C2=CCCC2)[nH]1.O=C(O)C(F)(F)F. The van der Waals surface area contributed by atoms with Gasteiger partial charge in [-0.1, -0.05) is 12.1 Å². The minimum atomic E-state index is -5.08. The standard InChI is InChI=1S/C21H23N5O.C2HF3O2/c22-12-17-13-24-20(25-17)21(27)26-19-6-5-16(14-7-9-23-10-8-14)11-18(19)15-3-1-2-4-15;3-2(4,5)1(6)7/h3,5-6,11,13-14,23H,1-2,4,7-10H2,(H,24,25)(H,26,27);(H,6,7). The van der Waals surface area contributed by atoms with E-state index >= 15 is 0 Å². The molecule has 4 N–H and O–H groups in total. The zero-order valence-corrected chi connectivity index (χ0v) is 18.2. The number of aliphatic carboxylic acids is 1. The smallest absolute Gasteiger partial charge is 0.475 e. The molecular weight excluding hydrogens is 451 g/mol. The number of benzene rings is 1. The van der Waals surface area contributed by atoms with E-state index in [1.807, 2.05) is 12.1 Å². The third kappa shape index (κ3) is 6.45. The van der Waals surface area contributed by atoms with Crippen LogP contribution in [0.3, 0.4) is 0 Å². The fourth-order valence-electron chi connectivity index (χ4n) is 3.94.